The van der Waals surface area contributed by atoms with Gasteiger partial charge < -0.3 is 9.84 Å². The number of nitrogens with zero attached hydrogens (tertiary/aromatic N) is 2. The Morgan fingerprint density at radius 2 is 2.11 bits per heavy atom. The Labute approximate surface area is 115 Å². The number of aromatic nitrogens is 2. The van der Waals surface area contributed by atoms with Crippen LogP contribution in [0.4, 0.5) is 0 Å². The van der Waals surface area contributed by atoms with Crippen LogP contribution >= 0.6 is 23.2 Å². The quantitative estimate of drug-likeness (QED) is 0.934. The van der Waals surface area contributed by atoms with Crippen molar-refractivity contribution in [2.24, 2.45) is 0 Å². The zero-order valence-corrected chi connectivity index (χ0v) is 11.6. The molecule has 0 aliphatic rings. The van der Waals surface area contributed by atoms with Crippen LogP contribution in [0.1, 0.15) is 19.7 Å². The van der Waals surface area contributed by atoms with E-state index in [0.717, 1.165) is 0 Å². The predicted molar refractivity (Wildman–Crippen MR) is 71.7 cm³/mol. The molecule has 0 aliphatic carbocycles. The largest absolute Gasteiger partial charge is 0.334 e. The normalized spacial score (nSPS) is 11.2. The molecule has 1 aromatic heterocycles. The Morgan fingerprint density at radius 3 is 2.83 bits per heavy atom. The fourth-order valence-electron chi connectivity index (χ4n) is 1.39. The summed E-state index contributed by atoms with van der Waals surface area (Å²) in [5, 5.41) is 8.21. The van der Waals surface area contributed by atoms with Crippen LogP contribution in [0.25, 0.3) is 11.5 Å². The van der Waals surface area contributed by atoms with Gasteiger partial charge in [0, 0.05) is 11.1 Å². The Bertz CT molecular complexity index is 540. The molecule has 2 rings (SSSR count). The minimum absolute atomic E-state index is 0.363. The maximum Gasteiger partial charge on any atom is 0.259 e. The molecule has 96 valence electrons. The summed E-state index contributed by atoms with van der Waals surface area (Å²) >= 11 is 12.0. The zero-order chi connectivity index (χ0) is 13.1. The molecule has 4 nitrogen and oxygen atoms in total. The van der Waals surface area contributed by atoms with E-state index in [9.17, 15) is 0 Å². The number of nitrogens with one attached hydrogen (secondary N) is 1. The lowest BCUT2D eigenvalue weighted by Crippen LogP contribution is -2.22. The van der Waals surface area contributed by atoms with Crippen molar-refractivity contribution in [1.82, 2.24) is 15.5 Å². The zero-order valence-electron chi connectivity index (χ0n) is 10.1. The maximum atomic E-state index is 6.07. The summed E-state index contributed by atoms with van der Waals surface area (Å²) in [4.78, 5) is 4.27. The molecular formula is C12H13Cl2N3O. The molecule has 1 aromatic carbocycles. The van der Waals surface area contributed by atoms with Crippen molar-refractivity contribution >= 4 is 23.2 Å². The number of benzene rings is 1. The number of rotatable bonds is 4. The van der Waals surface area contributed by atoms with E-state index < -0.39 is 0 Å². The molecule has 18 heavy (non-hydrogen) atoms. The van der Waals surface area contributed by atoms with Gasteiger partial charge in [0.25, 0.3) is 5.89 Å². The first kappa shape index (κ1) is 13.3. The van der Waals surface area contributed by atoms with Gasteiger partial charge >= 0.3 is 0 Å². The molecule has 2 aromatic rings. The molecule has 0 fully saturated rings. The molecule has 0 bridgehead atoms. The molecule has 0 unspecified atom stereocenters. The van der Waals surface area contributed by atoms with Crippen LogP contribution in [0.3, 0.4) is 0 Å². The summed E-state index contributed by atoms with van der Waals surface area (Å²) in [6.45, 7) is 4.66. The third kappa shape index (κ3) is 3.22. The number of hydrogen-bond acceptors (Lipinski definition) is 4. The van der Waals surface area contributed by atoms with E-state index in [0.29, 0.717) is 39.9 Å². The van der Waals surface area contributed by atoms with Crippen LogP contribution < -0.4 is 5.32 Å². The Hall–Kier alpha value is -1.10. The van der Waals surface area contributed by atoms with Crippen molar-refractivity contribution in [3.05, 3.63) is 34.1 Å². The standard InChI is InChI=1S/C12H13Cl2N3O/c1-7(2)15-6-11-16-12(18-17-11)9-5-8(13)3-4-10(9)14/h3-5,7,15H,6H2,1-2H3. The van der Waals surface area contributed by atoms with Crippen molar-refractivity contribution in [2.75, 3.05) is 0 Å². The van der Waals surface area contributed by atoms with Crippen molar-refractivity contribution in [3.8, 4) is 11.5 Å². The second-order valence-electron chi connectivity index (χ2n) is 4.18. The smallest absolute Gasteiger partial charge is 0.259 e. The van der Waals surface area contributed by atoms with Gasteiger partial charge in [-0.25, -0.2) is 0 Å². The Kier molecular flexibility index (Phi) is 4.22. The van der Waals surface area contributed by atoms with Gasteiger partial charge in [0.15, 0.2) is 5.82 Å². The second kappa shape index (κ2) is 5.69. The summed E-state index contributed by atoms with van der Waals surface area (Å²) in [5.41, 5.74) is 0.646. The molecule has 0 saturated carbocycles. The number of hydrogen-bond donors (Lipinski definition) is 1. The van der Waals surface area contributed by atoms with Crippen LogP contribution in [0.5, 0.6) is 0 Å². The van der Waals surface area contributed by atoms with Gasteiger partial charge in [-0.3, -0.25) is 0 Å². The van der Waals surface area contributed by atoms with E-state index in [-0.39, 0.29) is 0 Å². The van der Waals surface area contributed by atoms with Crippen molar-refractivity contribution in [1.29, 1.82) is 0 Å². The average molecular weight is 286 g/mol. The molecule has 1 heterocycles. The highest BCUT2D eigenvalue weighted by Crippen LogP contribution is 2.29. The molecular weight excluding hydrogens is 273 g/mol. The molecule has 0 amide bonds. The minimum Gasteiger partial charge on any atom is -0.334 e. The molecule has 0 aliphatic heterocycles. The third-order valence-corrected chi connectivity index (χ3v) is 2.86. The van der Waals surface area contributed by atoms with Gasteiger partial charge in [0.05, 0.1) is 17.1 Å². The summed E-state index contributed by atoms with van der Waals surface area (Å²) in [6.07, 6.45) is 0. The van der Waals surface area contributed by atoms with Crippen LogP contribution in [-0.4, -0.2) is 16.2 Å². The minimum atomic E-state index is 0.363. The molecule has 1 N–H and O–H groups in total. The highest BCUT2D eigenvalue weighted by molar-refractivity contribution is 6.35. The lowest BCUT2D eigenvalue weighted by atomic mass is 10.2. The molecule has 6 heteroatoms. The van der Waals surface area contributed by atoms with Crippen molar-refractivity contribution in [2.45, 2.75) is 26.4 Å². The summed E-state index contributed by atoms with van der Waals surface area (Å²) < 4.78 is 5.17. The first-order chi connectivity index (χ1) is 8.56. The first-order valence-corrected chi connectivity index (χ1v) is 6.33. The van der Waals surface area contributed by atoms with Crippen LogP contribution in [0.15, 0.2) is 22.7 Å². The van der Waals surface area contributed by atoms with E-state index in [1.54, 1.807) is 18.2 Å². The van der Waals surface area contributed by atoms with E-state index in [1.807, 2.05) is 0 Å². The van der Waals surface area contributed by atoms with E-state index in [2.05, 4.69) is 29.3 Å². The van der Waals surface area contributed by atoms with Crippen LogP contribution in [0, 0.1) is 0 Å². The van der Waals surface area contributed by atoms with Crippen molar-refractivity contribution in [3.63, 3.8) is 0 Å². The Morgan fingerprint density at radius 1 is 1.33 bits per heavy atom. The molecule has 0 radical (unpaired) electrons. The lowest BCUT2D eigenvalue weighted by molar-refractivity contribution is 0.417. The first-order valence-electron chi connectivity index (χ1n) is 5.57. The summed E-state index contributed by atoms with van der Waals surface area (Å²) in [6, 6.07) is 5.49. The second-order valence-corrected chi connectivity index (χ2v) is 5.02. The van der Waals surface area contributed by atoms with E-state index in [4.69, 9.17) is 27.7 Å². The molecule has 0 spiro atoms. The Balaban J connectivity index is 2.21. The monoisotopic (exact) mass is 285 g/mol. The summed E-state index contributed by atoms with van der Waals surface area (Å²) in [7, 11) is 0. The predicted octanol–water partition coefficient (Wildman–Crippen LogP) is 3.54. The number of halogens is 2. The topological polar surface area (TPSA) is 51.0 Å². The molecule has 0 saturated heterocycles. The van der Waals surface area contributed by atoms with Gasteiger partial charge in [-0.05, 0) is 18.2 Å². The highest BCUT2D eigenvalue weighted by Gasteiger charge is 2.12. The third-order valence-electron chi connectivity index (χ3n) is 2.30. The lowest BCUT2D eigenvalue weighted by Gasteiger charge is -2.03. The van der Waals surface area contributed by atoms with Gasteiger partial charge in [0.1, 0.15) is 0 Å². The van der Waals surface area contributed by atoms with E-state index >= 15 is 0 Å². The van der Waals surface area contributed by atoms with Gasteiger partial charge in [-0.1, -0.05) is 42.2 Å². The van der Waals surface area contributed by atoms with E-state index in [1.165, 1.54) is 0 Å². The fraction of sp³-hybridized carbons (Fsp3) is 0.333. The van der Waals surface area contributed by atoms with Gasteiger partial charge in [0.2, 0.25) is 0 Å². The molecule has 0 atom stereocenters. The maximum absolute atomic E-state index is 6.07. The van der Waals surface area contributed by atoms with Crippen LogP contribution in [0.2, 0.25) is 10.0 Å². The average Bonchev–Trinajstić information content (AvgIpc) is 2.78. The van der Waals surface area contributed by atoms with Crippen LogP contribution in [-0.2, 0) is 6.54 Å². The highest BCUT2D eigenvalue weighted by atomic mass is 35.5. The van der Waals surface area contributed by atoms with Gasteiger partial charge in [-0.15, -0.1) is 0 Å². The fourth-order valence-corrected chi connectivity index (χ4v) is 1.76. The van der Waals surface area contributed by atoms with Gasteiger partial charge in [-0.2, -0.15) is 4.98 Å². The van der Waals surface area contributed by atoms with Crippen molar-refractivity contribution < 1.29 is 4.52 Å². The summed E-state index contributed by atoms with van der Waals surface area (Å²) in [5.74, 6) is 0.970. The SMILES string of the molecule is CC(C)NCc1noc(-c2cc(Cl)ccc2Cl)n1.